The lowest BCUT2D eigenvalue weighted by Gasteiger charge is -2.18. The highest BCUT2D eigenvalue weighted by Crippen LogP contribution is 2.57. The Balaban J connectivity index is 1.44. The molecule has 17 heavy (non-hydrogen) atoms. The quantitative estimate of drug-likeness (QED) is 0.795. The fraction of sp³-hybridized carbons (Fsp3) is 0.929. The monoisotopic (exact) mass is 299 g/mol. The first-order valence-electron chi connectivity index (χ1n) is 7.15. The third kappa shape index (κ3) is 2.27. The van der Waals surface area contributed by atoms with E-state index >= 15 is 0 Å². The van der Waals surface area contributed by atoms with Crippen LogP contribution in [0.1, 0.15) is 38.5 Å². The van der Waals surface area contributed by atoms with Crippen LogP contribution in [0.4, 0.5) is 0 Å². The Morgan fingerprint density at radius 1 is 1.06 bits per heavy atom. The minimum Gasteiger partial charge on any atom is -0.356 e. The minimum absolute atomic E-state index is 0.361. The minimum atomic E-state index is 0.361. The number of rotatable bonds is 4. The van der Waals surface area contributed by atoms with Gasteiger partial charge >= 0.3 is 0 Å². The number of hydrogen-bond acceptors (Lipinski definition) is 1. The topological polar surface area (TPSA) is 29.1 Å². The van der Waals surface area contributed by atoms with E-state index in [0.717, 1.165) is 35.5 Å². The van der Waals surface area contributed by atoms with Crippen LogP contribution in [0.15, 0.2) is 0 Å². The molecular weight excluding hydrogens is 278 g/mol. The number of halogens is 1. The van der Waals surface area contributed by atoms with Crippen molar-refractivity contribution in [1.82, 2.24) is 5.32 Å². The molecule has 96 valence electrons. The van der Waals surface area contributed by atoms with Crippen molar-refractivity contribution in [3.8, 4) is 0 Å². The third-order valence-electron chi connectivity index (χ3n) is 5.26. The van der Waals surface area contributed by atoms with E-state index in [2.05, 4.69) is 21.2 Å². The second kappa shape index (κ2) is 4.91. The molecule has 4 unspecified atom stereocenters. The van der Waals surface area contributed by atoms with Gasteiger partial charge in [-0.2, -0.15) is 0 Å². The molecule has 3 rings (SSSR count). The van der Waals surface area contributed by atoms with Crippen molar-refractivity contribution in [2.45, 2.75) is 38.5 Å². The summed E-state index contributed by atoms with van der Waals surface area (Å²) in [6.07, 6.45) is 7.93. The Labute approximate surface area is 112 Å². The van der Waals surface area contributed by atoms with Gasteiger partial charge in [-0.15, -0.1) is 0 Å². The van der Waals surface area contributed by atoms with Crippen molar-refractivity contribution in [2.24, 2.45) is 29.6 Å². The fourth-order valence-electron chi connectivity index (χ4n) is 4.15. The lowest BCUT2D eigenvalue weighted by atomic mass is 9.98. The molecule has 3 heteroatoms. The Bertz CT molecular complexity index is 297. The smallest absolute Gasteiger partial charge is 0.223 e. The van der Waals surface area contributed by atoms with Crippen molar-refractivity contribution in [3.05, 3.63) is 0 Å². The highest BCUT2D eigenvalue weighted by Gasteiger charge is 2.56. The molecule has 0 aliphatic heterocycles. The van der Waals surface area contributed by atoms with Crippen LogP contribution in [0.25, 0.3) is 0 Å². The molecule has 0 spiro atoms. The fourth-order valence-corrected chi connectivity index (χ4v) is 5.00. The summed E-state index contributed by atoms with van der Waals surface area (Å²) in [5, 5.41) is 4.32. The summed E-state index contributed by atoms with van der Waals surface area (Å²) >= 11 is 3.59. The number of carbonyl (C=O) groups is 1. The van der Waals surface area contributed by atoms with Crippen LogP contribution in [0, 0.1) is 29.6 Å². The van der Waals surface area contributed by atoms with Crippen molar-refractivity contribution in [1.29, 1.82) is 0 Å². The van der Waals surface area contributed by atoms with Gasteiger partial charge in [-0.3, -0.25) is 4.79 Å². The first-order valence-corrected chi connectivity index (χ1v) is 8.27. The summed E-state index contributed by atoms with van der Waals surface area (Å²) in [6, 6.07) is 0. The average Bonchev–Trinajstić information content (AvgIpc) is 2.75. The van der Waals surface area contributed by atoms with Crippen LogP contribution < -0.4 is 5.32 Å². The van der Waals surface area contributed by atoms with E-state index in [1.807, 2.05) is 0 Å². The van der Waals surface area contributed by atoms with E-state index in [1.165, 1.54) is 38.5 Å². The number of nitrogens with one attached hydrogen (secondary N) is 1. The molecule has 4 atom stereocenters. The standard InChI is InChI=1S/C14H22BrNO/c15-7-9-3-1-4-10(9)8-16-14(17)13-11-5-2-6-12(11)13/h9-13H,1-8H2,(H,16,17). The normalized spacial score (nSPS) is 43.5. The summed E-state index contributed by atoms with van der Waals surface area (Å²) in [7, 11) is 0. The first-order chi connectivity index (χ1) is 8.31. The maximum absolute atomic E-state index is 12.0. The highest BCUT2D eigenvalue weighted by atomic mass is 79.9. The number of fused-ring (bicyclic) bond motifs is 1. The zero-order valence-corrected chi connectivity index (χ0v) is 11.9. The number of hydrogen-bond donors (Lipinski definition) is 1. The van der Waals surface area contributed by atoms with E-state index in [9.17, 15) is 4.79 Å². The van der Waals surface area contributed by atoms with E-state index in [1.54, 1.807) is 0 Å². The molecule has 0 saturated heterocycles. The predicted octanol–water partition coefficient (Wildman–Crippen LogP) is 2.96. The molecule has 1 N–H and O–H groups in total. The van der Waals surface area contributed by atoms with Crippen LogP contribution in [0.3, 0.4) is 0 Å². The van der Waals surface area contributed by atoms with Gasteiger partial charge in [0.15, 0.2) is 0 Å². The number of carbonyl (C=O) groups excluding carboxylic acids is 1. The second-order valence-electron chi connectivity index (χ2n) is 6.13. The molecule has 0 heterocycles. The van der Waals surface area contributed by atoms with E-state index < -0.39 is 0 Å². The maximum atomic E-state index is 12.0. The summed E-state index contributed by atoms with van der Waals surface area (Å²) in [5.74, 6) is 3.77. The first kappa shape index (κ1) is 12.0. The average molecular weight is 300 g/mol. The largest absolute Gasteiger partial charge is 0.356 e. The SMILES string of the molecule is O=C(NCC1CCCC1CBr)C1C2CCCC21. The van der Waals surface area contributed by atoms with Crippen molar-refractivity contribution in [2.75, 3.05) is 11.9 Å². The van der Waals surface area contributed by atoms with Gasteiger partial charge in [-0.05, 0) is 49.4 Å². The molecule has 3 fully saturated rings. The molecule has 1 amide bonds. The van der Waals surface area contributed by atoms with Crippen LogP contribution in [-0.4, -0.2) is 17.8 Å². The maximum Gasteiger partial charge on any atom is 0.223 e. The van der Waals surface area contributed by atoms with Crippen molar-refractivity contribution < 1.29 is 4.79 Å². The van der Waals surface area contributed by atoms with E-state index in [0.29, 0.717) is 11.8 Å². The van der Waals surface area contributed by atoms with Gasteiger partial charge in [0.1, 0.15) is 0 Å². The summed E-state index contributed by atoms with van der Waals surface area (Å²) in [5.41, 5.74) is 0. The van der Waals surface area contributed by atoms with Crippen molar-refractivity contribution in [3.63, 3.8) is 0 Å². The summed E-state index contributed by atoms with van der Waals surface area (Å²) in [6.45, 7) is 0.922. The van der Waals surface area contributed by atoms with Crippen LogP contribution in [0.5, 0.6) is 0 Å². The van der Waals surface area contributed by atoms with Gasteiger partial charge < -0.3 is 5.32 Å². The van der Waals surface area contributed by atoms with Crippen LogP contribution in [0.2, 0.25) is 0 Å². The highest BCUT2D eigenvalue weighted by molar-refractivity contribution is 9.09. The molecule has 3 aliphatic carbocycles. The Morgan fingerprint density at radius 2 is 1.71 bits per heavy atom. The van der Waals surface area contributed by atoms with Crippen LogP contribution in [-0.2, 0) is 4.79 Å². The molecule has 0 radical (unpaired) electrons. The molecule has 0 aromatic carbocycles. The molecule has 0 aromatic heterocycles. The third-order valence-corrected chi connectivity index (χ3v) is 6.09. The number of amides is 1. The van der Waals surface area contributed by atoms with Gasteiger partial charge in [0.25, 0.3) is 0 Å². The zero-order valence-electron chi connectivity index (χ0n) is 10.3. The van der Waals surface area contributed by atoms with Gasteiger partial charge in [0.2, 0.25) is 5.91 Å². The van der Waals surface area contributed by atoms with Crippen molar-refractivity contribution >= 4 is 21.8 Å². The van der Waals surface area contributed by atoms with Gasteiger partial charge in [0, 0.05) is 17.8 Å². The molecule has 3 aliphatic rings. The Hall–Kier alpha value is -0.0500. The second-order valence-corrected chi connectivity index (χ2v) is 6.78. The van der Waals surface area contributed by atoms with E-state index in [4.69, 9.17) is 0 Å². The van der Waals surface area contributed by atoms with Gasteiger partial charge in [-0.1, -0.05) is 28.8 Å². The predicted molar refractivity (Wildman–Crippen MR) is 72.0 cm³/mol. The van der Waals surface area contributed by atoms with Gasteiger partial charge in [0.05, 0.1) is 0 Å². The molecule has 3 saturated carbocycles. The summed E-state index contributed by atoms with van der Waals surface area (Å²) < 4.78 is 0. The molecule has 2 nitrogen and oxygen atoms in total. The number of alkyl halides is 1. The van der Waals surface area contributed by atoms with Crippen LogP contribution >= 0.6 is 15.9 Å². The lowest BCUT2D eigenvalue weighted by molar-refractivity contribution is -0.123. The molecule has 0 aromatic rings. The Kier molecular flexibility index (Phi) is 3.47. The lowest BCUT2D eigenvalue weighted by Crippen LogP contribution is -2.33. The Morgan fingerprint density at radius 3 is 2.41 bits per heavy atom. The summed E-state index contributed by atoms with van der Waals surface area (Å²) in [4.78, 5) is 12.0. The van der Waals surface area contributed by atoms with E-state index in [-0.39, 0.29) is 0 Å². The molecule has 0 bridgehead atoms. The zero-order chi connectivity index (χ0) is 11.8. The molecular formula is C14H22BrNO. The van der Waals surface area contributed by atoms with Gasteiger partial charge in [-0.25, -0.2) is 0 Å².